The van der Waals surface area contributed by atoms with Crippen LogP contribution in [0.25, 0.3) is 0 Å². The molecule has 3 nitrogen and oxygen atoms in total. The second-order valence-electron chi connectivity index (χ2n) is 3.66. The number of methoxy groups -OCH3 is 1. The molecule has 0 bridgehead atoms. The molecule has 74 valence electrons. The summed E-state index contributed by atoms with van der Waals surface area (Å²) in [4.78, 5) is 0. The molecule has 0 aliphatic rings. The Morgan fingerprint density at radius 3 is 2.50 bits per heavy atom. The number of ether oxygens (including phenoxy) is 1. The lowest BCUT2D eigenvalue weighted by Gasteiger charge is -2.23. The molecule has 1 unspecified atom stereocenters. The van der Waals surface area contributed by atoms with Gasteiger partial charge < -0.3 is 15.2 Å². The van der Waals surface area contributed by atoms with Gasteiger partial charge in [0.15, 0.2) is 0 Å². The minimum Gasteiger partial charge on any atom is -0.392 e. The third-order valence-corrected chi connectivity index (χ3v) is 1.95. The van der Waals surface area contributed by atoms with E-state index in [0.29, 0.717) is 6.54 Å². The predicted molar refractivity (Wildman–Crippen MR) is 50.3 cm³/mol. The van der Waals surface area contributed by atoms with Crippen LogP contribution in [-0.4, -0.2) is 37.0 Å². The van der Waals surface area contributed by atoms with Crippen molar-refractivity contribution in [2.75, 3.05) is 20.2 Å². The average Bonchev–Trinajstić information content (AvgIpc) is 2.04. The smallest absolute Gasteiger partial charge is 0.0746 e. The normalized spacial score (nSPS) is 14.8. The van der Waals surface area contributed by atoms with Gasteiger partial charge in [-0.15, -0.1) is 0 Å². The first-order valence-electron chi connectivity index (χ1n) is 4.45. The Labute approximate surface area is 75.1 Å². The molecule has 0 fully saturated rings. The summed E-state index contributed by atoms with van der Waals surface area (Å²) in [5.74, 6) is 0. The van der Waals surface area contributed by atoms with Gasteiger partial charge in [0.25, 0.3) is 0 Å². The van der Waals surface area contributed by atoms with Gasteiger partial charge in [-0.2, -0.15) is 0 Å². The number of hydrogen-bond donors (Lipinski definition) is 2. The van der Waals surface area contributed by atoms with E-state index in [1.807, 2.05) is 20.8 Å². The summed E-state index contributed by atoms with van der Waals surface area (Å²) in [6, 6.07) is 0. The molecule has 0 aromatic rings. The summed E-state index contributed by atoms with van der Waals surface area (Å²) in [6.07, 6.45) is 0.554. The Kier molecular flexibility index (Phi) is 5.46. The molecular formula is C9H21NO2. The van der Waals surface area contributed by atoms with Gasteiger partial charge in [0.2, 0.25) is 0 Å². The van der Waals surface area contributed by atoms with Crippen LogP contribution in [0.3, 0.4) is 0 Å². The first kappa shape index (κ1) is 11.9. The molecule has 0 heterocycles. The minimum absolute atomic E-state index is 0.145. The Morgan fingerprint density at radius 2 is 2.08 bits per heavy atom. The highest BCUT2D eigenvalue weighted by Crippen LogP contribution is 2.04. The molecule has 0 radical (unpaired) electrons. The molecule has 0 aliphatic carbocycles. The van der Waals surface area contributed by atoms with Crippen LogP contribution in [0, 0.1) is 0 Å². The Bertz CT molecular complexity index is 115. The zero-order valence-electron chi connectivity index (χ0n) is 8.55. The van der Waals surface area contributed by atoms with Gasteiger partial charge in [0, 0.05) is 20.2 Å². The van der Waals surface area contributed by atoms with Gasteiger partial charge in [-0.3, -0.25) is 0 Å². The van der Waals surface area contributed by atoms with Crippen LogP contribution in [-0.2, 0) is 4.74 Å². The minimum atomic E-state index is -0.238. The molecule has 0 aliphatic heterocycles. The lowest BCUT2D eigenvalue weighted by molar-refractivity contribution is 0.0207. The summed E-state index contributed by atoms with van der Waals surface area (Å²) in [6.45, 7) is 7.40. The van der Waals surface area contributed by atoms with Crippen molar-refractivity contribution >= 4 is 0 Å². The molecule has 0 aromatic carbocycles. The Balaban J connectivity index is 3.42. The van der Waals surface area contributed by atoms with Crippen LogP contribution < -0.4 is 5.32 Å². The van der Waals surface area contributed by atoms with Gasteiger partial charge in [-0.05, 0) is 20.3 Å². The van der Waals surface area contributed by atoms with Crippen molar-refractivity contribution in [2.45, 2.75) is 38.9 Å². The quantitative estimate of drug-likeness (QED) is 0.626. The molecule has 2 N–H and O–H groups in total. The predicted octanol–water partition coefficient (Wildman–Crippen LogP) is 0.772. The Morgan fingerprint density at radius 1 is 1.50 bits per heavy atom. The molecular weight excluding hydrogens is 154 g/mol. The van der Waals surface area contributed by atoms with Gasteiger partial charge >= 0.3 is 0 Å². The van der Waals surface area contributed by atoms with E-state index in [4.69, 9.17) is 4.74 Å². The summed E-state index contributed by atoms with van der Waals surface area (Å²) in [5, 5.41) is 12.4. The van der Waals surface area contributed by atoms with E-state index < -0.39 is 0 Å². The average molecular weight is 175 g/mol. The van der Waals surface area contributed by atoms with Crippen LogP contribution in [0.4, 0.5) is 0 Å². The molecule has 0 amide bonds. The highest BCUT2D eigenvalue weighted by molar-refractivity contribution is 4.71. The highest BCUT2D eigenvalue weighted by atomic mass is 16.5. The van der Waals surface area contributed by atoms with Gasteiger partial charge in [-0.1, -0.05) is 6.92 Å². The fraction of sp³-hybridized carbons (Fsp3) is 1.00. The summed E-state index contributed by atoms with van der Waals surface area (Å²) in [5.41, 5.74) is -0.145. The number of aliphatic hydroxyl groups excluding tert-OH is 1. The number of hydrogen-bond acceptors (Lipinski definition) is 3. The van der Waals surface area contributed by atoms with Crippen molar-refractivity contribution in [1.82, 2.24) is 5.32 Å². The summed E-state index contributed by atoms with van der Waals surface area (Å²) >= 11 is 0. The molecule has 0 rings (SSSR count). The fourth-order valence-corrected chi connectivity index (χ4v) is 0.756. The van der Waals surface area contributed by atoms with Crippen molar-refractivity contribution in [3.05, 3.63) is 0 Å². The largest absolute Gasteiger partial charge is 0.392 e. The first-order valence-corrected chi connectivity index (χ1v) is 4.45. The maximum absolute atomic E-state index is 9.22. The van der Waals surface area contributed by atoms with E-state index in [0.717, 1.165) is 13.0 Å². The number of aliphatic hydroxyl groups is 1. The second-order valence-corrected chi connectivity index (χ2v) is 3.66. The fourth-order valence-electron chi connectivity index (χ4n) is 0.756. The van der Waals surface area contributed by atoms with Crippen LogP contribution >= 0.6 is 0 Å². The Hall–Kier alpha value is -0.120. The van der Waals surface area contributed by atoms with E-state index in [1.165, 1.54) is 0 Å². The number of nitrogens with one attached hydrogen (secondary N) is 1. The van der Waals surface area contributed by atoms with Gasteiger partial charge in [0.1, 0.15) is 0 Å². The topological polar surface area (TPSA) is 41.5 Å². The second kappa shape index (κ2) is 5.51. The first-order chi connectivity index (χ1) is 5.52. The van der Waals surface area contributed by atoms with Crippen LogP contribution in [0.2, 0.25) is 0 Å². The van der Waals surface area contributed by atoms with Crippen LogP contribution in [0.15, 0.2) is 0 Å². The van der Waals surface area contributed by atoms with Crippen molar-refractivity contribution in [3.8, 4) is 0 Å². The highest BCUT2D eigenvalue weighted by Gasteiger charge is 2.15. The molecule has 1 atom stereocenters. The lowest BCUT2D eigenvalue weighted by Crippen LogP contribution is -2.39. The summed E-state index contributed by atoms with van der Waals surface area (Å²) in [7, 11) is 1.69. The van der Waals surface area contributed by atoms with E-state index in [-0.39, 0.29) is 11.7 Å². The summed E-state index contributed by atoms with van der Waals surface area (Å²) < 4.78 is 5.21. The SMILES string of the molecule is CCC(O)CNCC(C)(C)OC. The van der Waals surface area contributed by atoms with E-state index in [2.05, 4.69) is 5.32 Å². The lowest BCUT2D eigenvalue weighted by atomic mass is 10.1. The maximum Gasteiger partial charge on any atom is 0.0746 e. The third-order valence-electron chi connectivity index (χ3n) is 1.95. The van der Waals surface area contributed by atoms with E-state index in [9.17, 15) is 5.11 Å². The van der Waals surface area contributed by atoms with Gasteiger partial charge in [-0.25, -0.2) is 0 Å². The van der Waals surface area contributed by atoms with Crippen LogP contribution in [0.1, 0.15) is 27.2 Å². The maximum atomic E-state index is 9.22. The molecule has 0 saturated carbocycles. The monoisotopic (exact) mass is 175 g/mol. The van der Waals surface area contributed by atoms with Crippen molar-refractivity contribution in [3.63, 3.8) is 0 Å². The zero-order valence-corrected chi connectivity index (χ0v) is 8.55. The van der Waals surface area contributed by atoms with E-state index in [1.54, 1.807) is 7.11 Å². The van der Waals surface area contributed by atoms with E-state index >= 15 is 0 Å². The molecule has 0 spiro atoms. The number of rotatable bonds is 6. The van der Waals surface area contributed by atoms with Crippen molar-refractivity contribution in [2.24, 2.45) is 0 Å². The van der Waals surface area contributed by atoms with Crippen molar-refractivity contribution < 1.29 is 9.84 Å². The molecule has 0 aromatic heterocycles. The van der Waals surface area contributed by atoms with Crippen molar-refractivity contribution in [1.29, 1.82) is 0 Å². The molecule has 3 heteroatoms. The zero-order chi connectivity index (χ0) is 9.61. The molecule has 0 saturated heterocycles. The standard InChI is InChI=1S/C9H21NO2/c1-5-8(11)6-10-7-9(2,3)12-4/h8,10-11H,5-7H2,1-4H3. The van der Waals surface area contributed by atoms with Gasteiger partial charge in [0.05, 0.1) is 11.7 Å². The third kappa shape index (κ3) is 5.52. The van der Waals surface area contributed by atoms with Crippen LogP contribution in [0.5, 0.6) is 0 Å². The molecule has 12 heavy (non-hydrogen) atoms.